The molecule has 0 aliphatic heterocycles. The number of benzene rings is 2. The molecule has 0 fully saturated rings. The minimum Gasteiger partial charge on any atom is -0.493 e. The first-order valence-electron chi connectivity index (χ1n) is 8.51. The average molecular weight is 373 g/mol. The molecule has 0 aliphatic rings. The Morgan fingerprint density at radius 1 is 1.00 bits per heavy atom. The Balaban J connectivity index is 1.63. The van der Waals surface area contributed by atoms with E-state index in [1.807, 2.05) is 18.2 Å². The van der Waals surface area contributed by atoms with Gasteiger partial charge in [-0.25, -0.2) is 4.79 Å². The van der Waals surface area contributed by atoms with E-state index in [9.17, 15) is 9.59 Å². The normalized spacial score (nSPS) is 11.2. The second-order valence-corrected chi connectivity index (χ2v) is 5.53. The van der Waals surface area contributed by atoms with Crippen LogP contribution < -0.4 is 19.5 Å². The van der Waals surface area contributed by atoms with Gasteiger partial charge in [0.05, 0.1) is 13.7 Å². The fourth-order valence-electron chi connectivity index (χ4n) is 2.15. The van der Waals surface area contributed by atoms with Crippen LogP contribution in [0.1, 0.15) is 6.92 Å². The first-order chi connectivity index (χ1) is 13.1. The summed E-state index contributed by atoms with van der Waals surface area (Å²) in [5, 5.41) is 2.61. The molecule has 0 spiro atoms. The number of ether oxygens (including phenoxy) is 4. The maximum Gasteiger partial charge on any atom is 0.347 e. The standard InChI is InChI=1S/C20H23NO6/c1-15(27-16-8-4-3-5-9-16)20(23)26-14-19(22)21-12-13-25-18-11-7-6-10-17(18)24-2/h3-11,15H,12-14H2,1-2H3,(H,21,22)/t15-/m0/s1. The van der Waals surface area contributed by atoms with Gasteiger partial charge in [0, 0.05) is 0 Å². The summed E-state index contributed by atoms with van der Waals surface area (Å²) in [5.41, 5.74) is 0. The Hall–Kier alpha value is -3.22. The van der Waals surface area contributed by atoms with Crippen LogP contribution >= 0.6 is 0 Å². The monoisotopic (exact) mass is 373 g/mol. The minimum atomic E-state index is -0.811. The smallest absolute Gasteiger partial charge is 0.347 e. The Bertz CT molecular complexity index is 734. The maximum atomic E-state index is 11.9. The molecular weight excluding hydrogens is 350 g/mol. The second kappa shape index (κ2) is 10.7. The van der Waals surface area contributed by atoms with Gasteiger partial charge < -0.3 is 24.3 Å². The molecular formula is C20H23NO6. The zero-order valence-corrected chi connectivity index (χ0v) is 15.3. The summed E-state index contributed by atoms with van der Waals surface area (Å²) >= 11 is 0. The van der Waals surface area contributed by atoms with Gasteiger partial charge in [-0.1, -0.05) is 30.3 Å². The highest BCUT2D eigenvalue weighted by Crippen LogP contribution is 2.25. The molecule has 2 aromatic rings. The van der Waals surface area contributed by atoms with Crippen LogP contribution in [-0.4, -0.2) is 44.8 Å². The van der Waals surface area contributed by atoms with Crippen molar-refractivity contribution in [3.63, 3.8) is 0 Å². The van der Waals surface area contributed by atoms with E-state index in [2.05, 4.69) is 5.32 Å². The summed E-state index contributed by atoms with van der Waals surface area (Å²) in [6, 6.07) is 16.1. The Labute approximate surface area is 158 Å². The Morgan fingerprint density at radius 2 is 1.67 bits per heavy atom. The molecule has 7 heteroatoms. The van der Waals surface area contributed by atoms with Crippen LogP contribution in [0.2, 0.25) is 0 Å². The van der Waals surface area contributed by atoms with E-state index in [-0.39, 0.29) is 19.8 Å². The SMILES string of the molecule is COc1ccccc1OCCNC(=O)COC(=O)[C@H](C)Oc1ccccc1. The molecule has 0 aliphatic carbocycles. The third-order valence-corrected chi connectivity index (χ3v) is 3.48. The molecule has 1 amide bonds. The number of rotatable bonds is 10. The van der Waals surface area contributed by atoms with Crippen molar-refractivity contribution in [3.8, 4) is 17.2 Å². The fourth-order valence-corrected chi connectivity index (χ4v) is 2.15. The number of nitrogens with one attached hydrogen (secondary N) is 1. The highest BCUT2D eigenvalue weighted by atomic mass is 16.6. The van der Waals surface area contributed by atoms with E-state index in [1.54, 1.807) is 50.4 Å². The molecule has 144 valence electrons. The molecule has 7 nitrogen and oxygen atoms in total. The summed E-state index contributed by atoms with van der Waals surface area (Å²) in [6.07, 6.45) is -0.811. The molecule has 2 rings (SSSR count). The van der Waals surface area contributed by atoms with Gasteiger partial charge in [0.25, 0.3) is 5.91 Å². The highest BCUT2D eigenvalue weighted by molar-refractivity contribution is 5.81. The molecule has 0 saturated heterocycles. The van der Waals surface area contributed by atoms with Crippen molar-refractivity contribution in [2.24, 2.45) is 0 Å². The van der Waals surface area contributed by atoms with E-state index < -0.39 is 18.0 Å². The van der Waals surface area contributed by atoms with Crippen LogP contribution in [0, 0.1) is 0 Å². The van der Waals surface area contributed by atoms with Gasteiger partial charge in [0.15, 0.2) is 24.2 Å². The lowest BCUT2D eigenvalue weighted by molar-refractivity contribution is -0.154. The van der Waals surface area contributed by atoms with E-state index in [0.29, 0.717) is 17.2 Å². The molecule has 0 heterocycles. The van der Waals surface area contributed by atoms with Gasteiger partial charge in [0.1, 0.15) is 12.4 Å². The average Bonchev–Trinajstić information content (AvgIpc) is 2.70. The summed E-state index contributed by atoms with van der Waals surface area (Å²) in [7, 11) is 1.56. The van der Waals surface area contributed by atoms with Gasteiger partial charge in [-0.15, -0.1) is 0 Å². The fraction of sp³-hybridized carbons (Fsp3) is 0.300. The van der Waals surface area contributed by atoms with Gasteiger partial charge in [-0.05, 0) is 31.2 Å². The third-order valence-electron chi connectivity index (χ3n) is 3.48. The largest absolute Gasteiger partial charge is 0.493 e. The summed E-state index contributed by atoms with van der Waals surface area (Å²) in [4.78, 5) is 23.6. The zero-order chi connectivity index (χ0) is 19.5. The van der Waals surface area contributed by atoms with Crippen molar-refractivity contribution in [2.45, 2.75) is 13.0 Å². The molecule has 1 atom stereocenters. The van der Waals surface area contributed by atoms with Crippen molar-refractivity contribution in [1.82, 2.24) is 5.32 Å². The van der Waals surface area contributed by atoms with Crippen LogP contribution in [0.5, 0.6) is 17.2 Å². The van der Waals surface area contributed by atoms with Crippen molar-refractivity contribution >= 4 is 11.9 Å². The molecule has 2 aromatic carbocycles. The Kier molecular flexibility index (Phi) is 7.96. The number of hydrogen-bond acceptors (Lipinski definition) is 6. The van der Waals surface area contributed by atoms with Crippen LogP contribution in [0.15, 0.2) is 54.6 Å². The molecule has 0 aromatic heterocycles. The lowest BCUT2D eigenvalue weighted by Gasteiger charge is -2.14. The predicted octanol–water partition coefficient (Wildman–Crippen LogP) is 2.20. The maximum absolute atomic E-state index is 11.9. The number of carbonyl (C=O) groups excluding carboxylic acids is 2. The van der Waals surface area contributed by atoms with E-state index >= 15 is 0 Å². The lowest BCUT2D eigenvalue weighted by Crippen LogP contribution is -2.34. The van der Waals surface area contributed by atoms with Gasteiger partial charge in [-0.3, -0.25) is 4.79 Å². The first kappa shape index (κ1) is 20.1. The Morgan fingerprint density at radius 3 is 2.37 bits per heavy atom. The number of hydrogen-bond donors (Lipinski definition) is 1. The lowest BCUT2D eigenvalue weighted by atomic mass is 10.3. The quantitative estimate of drug-likeness (QED) is 0.508. The van der Waals surface area contributed by atoms with Gasteiger partial charge >= 0.3 is 5.97 Å². The van der Waals surface area contributed by atoms with Crippen LogP contribution in [-0.2, 0) is 14.3 Å². The number of esters is 1. The van der Waals surface area contributed by atoms with Crippen molar-refractivity contribution < 1.29 is 28.5 Å². The summed E-state index contributed by atoms with van der Waals surface area (Å²) in [6.45, 7) is 1.71. The molecule has 0 saturated carbocycles. The topological polar surface area (TPSA) is 83.1 Å². The molecule has 0 bridgehead atoms. The molecule has 0 unspecified atom stereocenters. The minimum absolute atomic E-state index is 0.258. The van der Waals surface area contributed by atoms with Crippen molar-refractivity contribution in [3.05, 3.63) is 54.6 Å². The first-order valence-corrected chi connectivity index (χ1v) is 8.51. The summed E-state index contributed by atoms with van der Waals surface area (Å²) < 4.78 is 21.1. The van der Waals surface area contributed by atoms with E-state index in [0.717, 1.165) is 0 Å². The number of carbonyl (C=O) groups is 2. The number of para-hydroxylation sites is 3. The van der Waals surface area contributed by atoms with Gasteiger partial charge in [0.2, 0.25) is 0 Å². The van der Waals surface area contributed by atoms with Crippen LogP contribution in [0.3, 0.4) is 0 Å². The zero-order valence-electron chi connectivity index (χ0n) is 15.3. The summed E-state index contributed by atoms with van der Waals surface area (Å²) in [5.74, 6) is 0.732. The van der Waals surface area contributed by atoms with Gasteiger partial charge in [-0.2, -0.15) is 0 Å². The second-order valence-electron chi connectivity index (χ2n) is 5.53. The number of methoxy groups -OCH3 is 1. The predicted molar refractivity (Wildman–Crippen MR) is 99.0 cm³/mol. The molecule has 0 radical (unpaired) electrons. The third kappa shape index (κ3) is 6.89. The van der Waals surface area contributed by atoms with Crippen LogP contribution in [0.4, 0.5) is 0 Å². The molecule has 27 heavy (non-hydrogen) atoms. The van der Waals surface area contributed by atoms with Crippen LogP contribution in [0.25, 0.3) is 0 Å². The van der Waals surface area contributed by atoms with E-state index in [1.165, 1.54) is 0 Å². The number of amides is 1. The highest BCUT2D eigenvalue weighted by Gasteiger charge is 2.17. The van der Waals surface area contributed by atoms with E-state index in [4.69, 9.17) is 18.9 Å². The molecule has 1 N–H and O–H groups in total. The van der Waals surface area contributed by atoms with Crippen molar-refractivity contribution in [2.75, 3.05) is 26.9 Å². The van der Waals surface area contributed by atoms with Crippen molar-refractivity contribution in [1.29, 1.82) is 0 Å².